The summed E-state index contributed by atoms with van der Waals surface area (Å²) in [4.78, 5) is 4.47. The number of methoxy groups -OCH3 is 1. The lowest BCUT2D eigenvalue weighted by molar-refractivity contribution is 0.224. The first-order chi connectivity index (χ1) is 12.7. The molecule has 1 atom stereocenters. The van der Waals surface area contributed by atoms with Gasteiger partial charge in [0.2, 0.25) is 11.0 Å². The Labute approximate surface area is 154 Å². The number of fused-ring (bicyclic) bond motifs is 3. The van der Waals surface area contributed by atoms with Gasteiger partial charge in [0, 0.05) is 16.8 Å². The molecule has 3 aromatic rings. The number of benzene rings is 2. The van der Waals surface area contributed by atoms with Crippen LogP contribution in [0.4, 0.5) is 5.69 Å². The lowest BCUT2D eigenvalue weighted by atomic mass is 10.1. The first-order valence-electron chi connectivity index (χ1n) is 7.88. The fraction of sp³-hybridized carbons (Fsp3) is 0.167. The third-order valence-corrected chi connectivity index (χ3v) is 4.56. The summed E-state index contributed by atoms with van der Waals surface area (Å²) in [5.74, 6) is 0.842. The monoisotopic (exact) mass is 368 g/mol. The first kappa shape index (κ1) is 16.5. The van der Waals surface area contributed by atoms with Crippen molar-refractivity contribution < 1.29 is 14.6 Å². The molecule has 1 aromatic heterocycles. The maximum atomic E-state index is 9.85. The van der Waals surface area contributed by atoms with Gasteiger partial charge in [-0.15, -0.1) is 10.2 Å². The van der Waals surface area contributed by atoms with E-state index in [4.69, 9.17) is 9.47 Å². The van der Waals surface area contributed by atoms with Crippen LogP contribution < -0.4 is 14.8 Å². The van der Waals surface area contributed by atoms with Gasteiger partial charge in [-0.2, -0.15) is 4.98 Å². The number of hydrogen-bond acceptors (Lipinski definition) is 8. The summed E-state index contributed by atoms with van der Waals surface area (Å²) >= 11 is 1.40. The molecule has 0 amide bonds. The van der Waals surface area contributed by atoms with E-state index in [1.165, 1.54) is 18.9 Å². The zero-order valence-electron chi connectivity index (χ0n) is 14.1. The molecule has 0 saturated carbocycles. The Morgan fingerprint density at radius 1 is 1.19 bits per heavy atom. The number of anilines is 1. The smallest absolute Gasteiger partial charge is 0.247 e. The summed E-state index contributed by atoms with van der Waals surface area (Å²) in [5.41, 5.74) is 3.09. The maximum Gasteiger partial charge on any atom is 0.247 e. The standard InChI is InChI=1S/C18H16N4O3S/c1-24-14-9-10(7-8-13(14)23)16-19-12-6-4-3-5-11(12)15-17(25-16)20-18(26-2)22-21-15/h3-9,16,19,23H,1-2H3. The van der Waals surface area contributed by atoms with Gasteiger partial charge < -0.3 is 19.9 Å². The molecule has 7 nitrogen and oxygen atoms in total. The molecule has 0 spiro atoms. The Bertz CT molecular complexity index is 967. The summed E-state index contributed by atoms with van der Waals surface area (Å²) in [6.45, 7) is 0. The Balaban J connectivity index is 1.84. The molecule has 0 saturated heterocycles. The molecular weight excluding hydrogens is 352 g/mol. The number of aromatic hydroxyl groups is 1. The highest BCUT2D eigenvalue weighted by Gasteiger charge is 2.26. The van der Waals surface area contributed by atoms with Crippen LogP contribution in [0.3, 0.4) is 0 Å². The van der Waals surface area contributed by atoms with E-state index in [-0.39, 0.29) is 5.75 Å². The van der Waals surface area contributed by atoms with Gasteiger partial charge in [0.05, 0.1) is 7.11 Å². The number of nitrogens with zero attached hydrogens (tertiary/aromatic N) is 3. The Kier molecular flexibility index (Phi) is 4.26. The van der Waals surface area contributed by atoms with Crippen LogP contribution in [0.2, 0.25) is 0 Å². The van der Waals surface area contributed by atoms with Crippen molar-refractivity contribution in [3.05, 3.63) is 48.0 Å². The molecule has 132 valence electrons. The lowest BCUT2D eigenvalue weighted by Gasteiger charge is -2.20. The van der Waals surface area contributed by atoms with Crippen molar-refractivity contribution in [2.24, 2.45) is 0 Å². The minimum Gasteiger partial charge on any atom is -0.504 e. The quantitative estimate of drug-likeness (QED) is 0.679. The number of aromatic nitrogens is 3. The zero-order valence-corrected chi connectivity index (χ0v) is 14.9. The van der Waals surface area contributed by atoms with Gasteiger partial charge in [0.1, 0.15) is 0 Å². The number of phenolic OH excluding ortho intramolecular Hbond substituents is 1. The van der Waals surface area contributed by atoms with Gasteiger partial charge in [-0.05, 0) is 30.5 Å². The number of ether oxygens (including phenoxy) is 2. The fourth-order valence-corrected chi connectivity index (χ4v) is 3.04. The van der Waals surface area contributed by atoms with Crippen LogP contribution in [-0.4, -0.2) is 33.7 Å². The van der Waals surface area contributed by atoms with E-state index in [1.807, 2.05) is 30.5 Å². The Hall–Kier alpha value is -3.00. The zero-order chi connectivity index (χ0) is 18.1. The molecule has 1 unspecified atom stereocenters. The molecule has 0 radical (unpaired) electrons. The van der Waals surface area contributed by atoms with Crippen LogP contribution in [0.25, 0.3) is 11.3 Å². The Morgan fingerprint density at radius 3 is 2.85 bits per heavy atom. The van der Waals surface area contributed by atoms with E-state index in [2.05, 4.69) is 20.5 Å². The predicted octanol–water partition coefficient (Wildman–Crippen LogP) is 3.48. The number of para-hydroxylation sites is 1. The summed E-state index contributed by atoms with van der Waals surface area (Å²) in [5, 5.41) is 22.2. The van der Waals surface area contributed by atoms with E-state index in [1.54, 1.807) is 18.2 Å². The van der Waals surface area contributed by atoms with E-state index < -0.39 is 6.23 Å². The van der Waals surface area contributed by atoms with Crippen LogP contribution in [-0.2, 0) is 0 Å². The molecule has 0 bridgehead atoms. The first-order valence-corrected chi connectivity index (χ1v) is 9.10. The highest BCUT2D eigenvalue weighted by Crippen LogP contribution is 2.40. The third kappa shape index (κ3) is 2.88. The molecule has 26 heavy (non-hydrogen) atoms. The number of phenols is 1. The predicted molar refractivity (Wildman–Crippen MR) is 98.7 cm³/mol. The van der Waals surface area contributed by atoms with Crippen molar-refractivity contribution in [3.63, 3.8) is 0 Å². The van der Waals surface area contributed by atoms with Crippen LogP contribution in [0.5, 0.6) is 17.4 Å². The van der Waals surface area contributed by atoms with Crippen molar-refractivity contribution in [1.82, 2.24) is 15.2 Å². The number of hydrogen-bond donors (Lipinski definition) is 2. The fourth-order valence-electron chi connectivity index (χ4n) is 2.74. The van der Waals surface area contributed by atoms with Crippen molar-refractivity contribution in [2.75, 3.05) is 18.7 Å². The van der Waals surface area contributed by atoms with E-state index in [0.717, 1.165) is 16.8 Å². The molecule has 8 heteroatoms. The SMILES string of the molecule is COc1cc(C2Nc3ccccc3-c3nnc(SC)nc3O2)ccc1O. The summed E-state index contributed by atoms with van der Waals surface area (Å²) in [6, 6.07) is 12.8. The van der Waals surface area contributed by atoms with Gasteiger partial charge in [0.15, 0.2) is 23.4 Å². The lowest BCUT2D eigenvalue weighted by Crippen LogP contribution is -2.17. The molecule has 2 N–H and O–H groups in total. The van der Waals surface area contributed by atoms with Gasteiger partial charge in [-0.25, -0.2) is 0 Å². The van der Waals surface area contributed by atoms with Gasteiger partial charge in [0.25, 0.3) is 0 Å². The van der Waals surface area contributed by atoms with Crippen LogP contribution in [0.15, 0.2) is 47.6 Å². The highest BCUT2D eigenvalue weighted by molar-refractivity contribution is 7.98. The molecule has 2 heterocycles. The number of rotatable bonds is 3. The van der Waals surface area contributed by atoms with Crippen LogP contribution in [0, 0.1) is 0 Å². The van der Waals surface area contributed by atoms with E-state index in [9.17, 15) is 5.11 Å². The molecule has 0 fully saturated rings. The molecular formula is C18H16N4O3S. The van der Waals surface area contributed by atoms with Crippen molar-refractivity contribution in [1.29, 1.82) is 0 Å². The second-order valence-electron chi connectivity index (χ2n) is 5.57. The van der Waals surface area contributed by atoms with Crippen molar-refractivity contribution in [3.8, 4) is 28.6 Å². The summed E-state index contributed by atoms with van der Waals surface area (Å²) < 4.78 is 11.3. The molecule has 1 aliphatic heterocycles. The summed E-state index contributed by atoms with van der Waals surface area (Å²) in [7, 11) is 1.51. The second-order valence-corrected chi connectivity index (χ2v) is 6.34. The van der Waals surface area contributed by atoms with E-state index >= 15 is 0 Å². The van der Waals surface area contributed by atoms with Crippen molar-refractivity contribution in [2.45, 2.75) is 11.4 Å². The summed E-state index contributed by atoms with van der Waals surface area (Å²) in [6.07, 6.45) is 1.35. The molecule has 2 aromatic carbocycles. The normalized spacial score (nSPS) is 15.1. The van der Waals surface area contributed by atoms with Gasteiger partial charge in [-0.3, -0.25) is 0 Å². The maximum absolute atomic E-state index is 9.85. The minimum atomic E-state index is -0.529. The highest BCUT2D eigenvalue weighted by atomic mass is 32.2. The van der Waals surface area contributed by atoms with Gasteiger partial charge in [-0.1, -0.05) is 30.0 Å². The number of nitrogens with one attached hydrogen (secondary N) is 1. The average molecular weight is 368 g/mol. The molecule has 4 rings (SSSR count). The second kappa shape index (κ2) is 6.72. The van der Waals surface area contributed by atoms with Crippen LogP contribution in [0.1, 0.15) is 11.8 Å². The van der Waals surface area contributed by atoms with Crippen molar-refractivity contribution >= 4 is 17.4 Å². The molecule has 1 aliphatic rings. The minimum absolute atomic E-state index is 0.0688. The largest absolute Gasteiger partial charge is 0.504 e. The van der Waals surface area contributed by atoms with Crippen LogP contribution >= 0.6 is 11.8 Å². The van der Waals surface area contributed by atoms with E-state index in [0.29, 0.717) is 22.5 Å². The molecule has 0 aliphatic carbocycles. The topological polar surface area (TPSA) is 89.4 Å². The third-order valence-electron chi connectivity index (χ3n) is 4.02. The number of thioether (sulfide) groups is 1. The average Bonchev–Trinajstić information content (AvgIpc) is 2.84. The Morgan fingerprint density at radius 2 is 2.04 bits per heavy atom. The van der Waals surface area contributed by atoms with Gasteiger partial charge >= 0.3 is 0 Å².